The smallest absolute Gasteiger partial charge is 0.242 e. The van der Waals surface area contributed by atoms with Crippen LogP contribution in [0.4, 0.5) is 5.69 Å². The summed E-state index contributed by atoms with van der Waals surface area (Å²) in [4.78, 5) is 17.4. The zero-order chi connectivity index (χ0) is 18.4. The number of rotatable bonds is 6. The molecule has 3 rings (SSSR count). The molecule has 3 aromatic rings. The molecule has 0 fully saturated rings. The lowest BCUT2D eigenvalue weighted by Crippen LogP contribution is -2.19. The molecule has 1 amide bonds. The summed E-state index contributed by atoms with van der Waals surface area (Å²) in [5, 5.41) is 3.39. The molecular weight excluding hydrogens is 344 g/mol. The fourth-order valence-corrected chi connectivity index (χ4v) is 3.54. The molecule has 1 aromatic heterocycles. The van der Waals surface area contributed by atoms with Crippen molar-refractivity contribution < 1.29 is 9.53 Å². The molecule has 1 N–H and O–H groups in total. The van der Waals surface area contributed by atoms with Crippen LogP contribution in [0.5, 0.6) is 5.75 Å². The lowest BCUT2D eigenvalue weighted by atomic mass is 10.1. The summed E-state index contributed by atoms with van der Waals surface area (Å²) in [6.45, 7) is 1.98. The topological polar surface area (TPSA) is 51.2 Å². The number of nitrogens with one attached hydrogen (secondary N) is 1. The van der Waals surface area contributed by atoms with E-state index in [1.807, 2.05) is 73.7 Å². The largest absolute Gasteiger partial charge is 0.495 e. The number of carbonyl (C=O) groups excluding carboxylic acids is 1. The number of anilines is 1. The molecule has 0 aliphatic carbocycles. The van der Waals surface area contributed by atoms with Gasteiger partial charge < -0.3 is 10.1 Å². The second kappa shape index (κ2) is 8.54. The van der Waals surface area contributed by atoms with Gasteiger partial charge >= 0.3 is 0 Å². The number of hydrogen-bond acceptors (Lipinski definition) is 4. The third-order valence-corrected chi connectivity index (χ3v) is 5.03. The molecule has 0 saturated heterocycles. The fourth-order valence-electron chi connectivity index (χ4n) is 2.56. The summed E-state index contributed by atoms with van der Waals surface area (Å²) in [6, 6.07) is 21.1. The van der Waals surface area contributed by atoms with Crippen LogP contribution in [0.2, 0.25) is 0 Å². The zero-order valence-electron chi connectivity index (χ0n) is 14.7. The molecule has 0 aliphatic rings. The Balaban J connectivity index is 1.89. The van der Waals surface area contributed by atoms with Crippen LogP contribution >= 0.6 is 11.8 Å². The van der Waals surface area contributed by atoms with Gasteiger partial charge in [-0.1, -0.05) is 54.2 Å². The maximum Gasteiger partial charge on any atom is 0.242 e. The SMILES string of the molecule is COc1ccc(C)cc1NC(=O)C(Sc1ccccn1)c1ccccc1. The highest BCUT2D eigenvalue weighted by molar-refractivity contribution is 8.00. The number of methoxy groups -OCH3 is 1. The molecule has 1 unspecified atom stereocenters. The molecule has 1 heterocycles. The minimum Gasteiger partial charge on any atom is -0.495 e. The molecule has 4 nitrogen and oxygen atoms in total. The van der Waals surface area contributed by atoms with E-state index < -0.39 is 5.25 Å². The van der Waals surface area contributed by atoms with E-state index in [0.29, 0.717) is 11.4 Å². The first-order valence-electron chi connectivity index (χ1n) is 8.25. The summed E-state index contributed by atoms with van der Waals surface area (Å²) < 4.78 is 5.37. The number of pyridine rings is 1. The van der Waals surface area contributed by atoms with Crippen molar-refractivity contribution in [3.63, 3.8) is 0 Å². The summed E-state index contributed by atoms with van der Waals surface area (Å²) in [5.74, 6) is 0.523. The average Bonchev–Trinajstić information content (AvgIpc) is 2.68. The summed E-state index contributed by atoms with van der Waals surface area (Å²) in [5.41, 5.74) is 2.64. The van der Waals surface area contributed by atoms with Gasteiger partial charge in [-0.2, -0.15) is 0 Å². The summed E-state index contributed by atoms with van der Waals surface area (Å²) >= 11 is 1.42. The van der Waals surface area contributed by atoms with Crippen LogP contribution in [-0.4, -0.2) is 18.0 Å². The standard InChI is InChI=1S/C21H20N2O2S/c1-15-11-12-18(25-2)17(14-15)23-21(24)20(16-8-4-3-5-9-16)26-19-10-6-7-13-22-19/h3-14,20H,1-2H3,(H,23,24). The van der Waals surface area contributed by atoms with E-state index in [0.717, 1.165) is 16.2 Å². The Morgan fingerprint density at radius 3 is 2.54 bits per heavy atom. The molecule has 0 bridgehead atoms. The molecule has 2 aromatic carbocycles. The second-order valence-corrected chi connectivity index (χ2v) is 6.89. The van der Waals surface area contributed by atoms with Gasteiger partial charge in [-0.05, 0) is 42.3 Å². The predicted molar refractivity (Wildman–Crippen MR) is 106 cm³/mol. The molecule has 0 radical (unpaired) electrons. The first-order valence-corrected chi connectivity index (χ1v) is 9.13. The Kier molecular flexibility index (Phi) is 5.92. The lowest BCUT2D eigenvalue weighted by Gasteiger charge is -2.18. The Bertz CT molecular complexity index is 870. The number of aromatic nitrogens is 1. The van der Waals surface area contributed by atoms with Gasteiger partial charge in [0.15, 0.2) is 0 Å². The van der Waals surface area contributed by atoms with Crippen LogP contribution in [0.15, 0.2) is 78.0 Å². The zero-order valence-corrected chi connectivity index (χ0v) is 15.5. The van der Waals surface area contributed by atoms with Gasteiger partial charge in [0.25, 0.3) is 0 Å². The van der Waals surface area contributed by atoms with Crippen LogP contribution < -0.4 is 10.1 Å². The highest BCUT2D eigenvalue weighted by atomic mass is 32.2. The van der Waals surface area contributed by atoms with E-state index in [2.05, 4.69) is 10.3 Å². The number of nitrogens with zero attached hydrogens (tertiary/aromatic N) is 1. The number of carbonyl (C=O) groups is 1. The minimum absolute atomic E-state index is 0.115. The predicted octanol–water partition coefficient (Wildman–Crippen LogP) is 4.87. The van der Waals surface area contributed by atoms with E-state index in [9.17, 15) is 4.79 Å². The molecule has 1 atom stereocenters. The Hall–Kier alpha value is -2.79. The maximum atomic E-state index is 13.1. The monoisotopic (exact) mass is 364 g/mol. The van der Waals surface area contributed by atoms with Crippen molar-refractivity contribution in [2.45, 2.75) is 17.2 Å². The molecule has 132 valence electrons. The van der Waals surface area contributed by atoms with Crippen LogP contribution in [0.25, 0.3) is 0 Å². The van der Waals surface area contributed by atoms with Gasteiger partial charge in [0, 0.05) is 6.20 Å². The maximum absolute atomic E-state index is 13.1. The van der Waals surface area contributed by atoms with Gasteiger partial charge in [0.2, 0.25) is 5.91 Å². The van der Waals surface area contributed by atoms with E-state index in [1.165, 1.54) is 11.8 Å². The highest BCUT2D eigenvalue weighted by Gasteiger charge is 2.23. The third-order valence-electron chi connectivity index (χ3n) is 3.83. The van der Waals surface area contributed by atoms with Crippen molar-refractivity contribution in [2.24, 2.45) is 0 Å². The normalized spacial score (nSPS) is 11.6. The molecule has 0 aliphatic heterocycles. The Labute approximate surface area is 157 Å². The average molecular weight is 364 g/mol. The molecule has 0 spiro atoms. The second-order valence-electron chi connectivity index (χ2n) is 5.77. The number of amides is 1. The highest BCUT2D eigenvalue weighted by Crippen LogP contribution is 2.36. The number of thioether (sulfide) groups is 1. The van der Waals surface area contributed by atoms with E-state index in [-0.39, 0.29) is 5.91 Å². The van der Waals surface area contributed by atoms with Crippen LogP contribution in [0.1, 0.15) is 16.4 Å². The summed E-state index contributed by atoms with van der Waals surface area (Å²) in [7, 11) is 1.59. The lowest BCUT2D eigenvalue weighted by molar-refractivity contribution is -0.115. The van der Waals surface area contributed by atoms with Crippen molar-refractivity contribution in [3.05, 3.63) is 84.1 Å². The number of hydrogen-bond donors (Lipinski definition) is 1. The summed E-state index contributed by atoms with van der Waals surface area (Å²) in [6.07, 6.45) is 1.73. The van der Waals surface area contributed by atoms with Crippen molar-refractivity contribution in [1.29, 1.82) is 0 Å². The molecule has 0 saturated carbocycles. The molecule has 5 heteroatoms. The van der Waals surface area contributed by atoms with Gasteiger partial charge in [-0.15, -0.1) is 0 Å². The fraction of sp³-hybridized carbons (Fsp3) is 0.143. The Morgan fingerprint density at radius 1 is 1.08 bits per heavy atom. The van der Waals surface area contributed by atoms with Gasteiger partial charge in [-0.3, -0.25) is 4.79 Å². The van der Waals surface area contributed by atoms with Crippen molar-refractivity contribution >= 4 is 23.4 Å². The van der Waals surface area contributed by atoms with Crippen LogP contribution in [0, 0.1) is 6.92 Å². The quantitative estimate of drug-likeness (QED) is 0.634. The van der Waals surface area contributed by atoms with Gasteiger partial charge in [-0.25, -0.2) is 4.98 Å². The first-order chi connectivity index (χ1) is 12.7. The number of ether oxygens (including phenoxy) is 1. The first kappa shape index (κ1) is 18.0. The van der Waals surface area contributed by atoms with E-state index in [4.69, 9.17) is 4.74 Å². The van der Waals surface area contributed by atoms with E-state index in [1.54, 1.807) is 13.3 Å². The van der Waals surface area contributed by atoms with Crippen molar-refractivity contribution in [2.75, 3.05) is 12.4 Å². The van der Waals surface area contributed by atoms with Crippen molar-refractivity contribution in [1.82, 2.24) is 4.98 Å². The van der Waals surface area contributed by atoms with Crippen LogP contribution in [0.3, 0.4) is 0 Å². The van der Waals surface area contributed by atoms with Gasteiger partial charge in [0.05, 0.1) is 17.8 Å². The Morgan fingerprint density at radius 2 is 1.85 bits per heavy atom. The van der Waals surface area contributed by atoms with Crippen molar-refractivity contribution in [3.8, 4) is 5.75 Å². The minimum atomic E-state index is -0.420. The van der Waals surface area contributed by atoms with Gasteiger partial charge in [0.1, 0.15) is 11.0 Å². The number of benzene rings is 2. The third kappa shape index (κ3) is 4.43. The number of aryl methyl sites for hydroxylation is 1. The van der Waals surface area contributed by atoms with E-state index >= 15 is 0 Å². The molecular formula is C21H20N2O2S. The van der Waals surface area contributed by atoms with Crippen LogP contribution in [-0.2, 0) is 4.79 Å². The molecule has 26 heavy (non-hydrogen) atoms.